The van der Waals surface area contributed by atoms with E-state index < -0.39 is 0 Å². The van der Waals surface area contributed by atoms with Crippen LogP contribution in [-0.4, -0.2) is 29.3 Å². The molecule has 0 aliphatic rings. The van der Waals surface area contributed by atoms with Crippen molar-refractivity contribution in [2.24, 2.45) is 0 Å². The molecule has 0 radical (unpaired) electrons. The number of pyridine rings is 1. The second-order valence-corrected chi connectivity index (χ2v) is 4.16. The minimum Gasteiger partial charge on any atom is -0.395 e. The third-order valence-corrected chi connectivity index (χ3v) is 2.95. The number of aromatic nitrogens is 1. The maximum atomic E-state index is 9.10. The molecule has 0 saturated carbocycles. The van der Waals surface area contributed by atoms with Gasteiger partial charge >= 0.3 is 0 Å². The summed E-state index contributed by atoms with van der Waals surface area (Å²) in [6.45, 7) is 5.05. The molecule has 0 spiro atoms. The van der Waals surface area contributed by atoms with Gasteiger partial charge in [0.1, 0.15) is 5.82 Å². The smallest absolute Gasteiger partial charge is 0.128 e. The van der Waals surface area contributed by atoms with Gasteiger partial charge < -0.3 is 10.0 Å². The van der Waals surface area contributed by atoms with E-state index in [-0.39, 0.29) is 6.61 Å². The molecule has 1 aromatic heterocycles. The zero-order valence-electron chi connectivity index (χ0n) is 9.86. The van der Waals surface area contributed by atoms with E-state index in [9.17, 15) is 0 Å². The van der Waals surface area contributed by atoms with Gasteiger partial charge in [0.15, 0.2) is 0 Å². The van der Waals surface area contributed by atoms with Crippen LogP contribution in [0.2, 0.25) is 5.02 Å². The Hall–Kier alpha value is -0.800. The van der Waals surface area contributed by atoms with Crippen molar-refractivity contribution in [2.75, 3.05) is 18.1 Å². The van der Waals surface area contributed by atoms with Gasteiger partial charge in [0, 0.05) is 18.8 Å². The monoisotopic (exact) mass is 242 g/mol. The van der Waals surface area contributed by atoms with E-state index in [0.717, 1.165) is 18.7 Å². The van der Waals surface area contributed by atoms with E-state index in [1.165, 1.54) is 0 Å². The Labute approximate surface area is 102 Å². The molecule has 1 aromatic rings. The number of hydrogen-bond donors (Lipinski definition) is 1. The highest BCUT2D eigenvalue weighted by Crippen LogP contribution is 2.19. The van der Waals surface area contributed by atoms with Gasteiger partial charge in [0.25, 0.3) is 0 Å². The van der Waals surface area contributed by atoms with E-state index in [4.69, 9.17) is 16.7 Å². The first-order chi connectivity index (χ1) is 7.72. The molecule has 0 fully saturated rings. The van der Waals surface area contributed by atoms with E-state index >= 15 is 0 Å². The van der Waals surface area contributed by atoms with Crippen molar-refractivity contribution in [1.82, 2.24) is 4.98 Å². The molecule has 4 heteroatoms. The first-order valence-electron chi connectivity index (χ1n) is 5.72. The predicted octanol–water partition coefficient (Wildman–Crippen LogP) is 2.72. The van der Waals surface area contributed by atoms with E-state index in [2.05, 4.69) is 23.7 Å². The number of aliphatic hydroxyl groups is 1. The number of anilines is 1. The molecule has 90 valence electrons. The lowest BCUT2D eigenvalue weighted by atomic mass is 10.1. The molecular weight excluding hydrogens is 224 g/mol. The lowest BCUT2D eigenvalue weighted by Crippen LogP contribution is -2.37. The van der Waals surface area contributed by atoms with Crippen molar-refractivity contribution in [2.45, 2.75) is 32.7 Å². The normalized spacial score (nSPS) is 10.8. The summed E-state index contributed by atoms with van der Waals surface area (Å²) in [5.41, 5.74) is 0. The van der Waals surface area contributed by atoms with Crippen molar-refractivity contribution in [1.29, 1.82) is 0 Å². The number of aliphatic hydroxyl groups excluding tert-OH is 1. The number of rotatable bonds is 6. The molecular formula is C12H19ClN2O. The van der Waals surface area contributed by atoms with Crippen LogP contribution >= 0.6 is 11.6 Å². The second-order valence-electron chi connectivity index (χ2n) is 3.72. The van der Waals surface area contributed by atoms with Gasteiger partial charge in [-0.3, -0.25) is 0 Å². The fourth-order valence-electron chi connectivity index (χ4n) is 1.86. The van der Waals surface area contributed by atoms with Crippen LogP contribution in [0.4, 0.5) is 5.82 Å². The molecule has 0 amide bonds. The van der Waals surface area contributed by atoms with Gasteiger partial charge in [0.2, 0.25) is 0 Å². The third kappa shape index (κ3) is 3.35. The van der Waals surface area contributed by atoms with Crippen LogP contribution in [0.3, 0.4) is 0 Å². The maximum Gasteiger partial charge on any atom is 0.128 e. The summed E-state index contributed by atoms with van der Waals surface area (Å²) < 4.78 is 0. The molecule has 0 saturated heterocycles. The average Bonchev–Trinajstić information content (AvgIpc) is 2.31. The average molecular weight is 243 g/mol. The van der Waals surface area contributed by atoms with Crippen molar-refractivity contribution in [3.8, 4) is 0 Å². The Bertz CT molecular complexity index is 298. The second kappa shape index (κ2) is 6.71. The van der Waals surface area contributed by atoms with E-state index in [0.29, 0.717) is 17.6 Å². The summed E-state index contributed by atoms with van der Waals surface area (Å²) in [5, 5.41) is 9.73. The van der Waals surface area contributed by atoms with Crippen LogP contribution in [0.5, 0.6) is 0 Å². The predicted molar refractivity (Wildman–Crippen MR) is 68.0 cm³/mol. The van der Waals surface area contributed by atoms with Gasteiger partial charge in [-0.1, -0.05) is 25.4 Å². The van der Waals surface area contributed by atoms with Crippen molar-refractivity contribution in [3.63, 3.8) is 0 Å². The minimum absolute atomic E-state index is 0.140. The van der Waals surface area contributed by atoms with Gasteiger partial charge in [-0.05, 0) is 25.0 Å². The molecule has 0 atom stereocenters. The maximum absolute atomic E-state index is 9.10. The first-order valence-corrected chi connectivity index (χ1v) is 6.09. The Balaban J connectivity index is 2.87. The Morgan fingerprint density at radius 1 is 1.38 bits per heavy atom. The lowest BCUT2D eigenvalue weighted by Gasteiger charge is -2.31. The lowest BCUT2D eigenvalue weighted by molar-refractivity contribution is 0.295. The van der Waals surface area contributed by atoms with Crippen molar-refractivity contribution < 1.29 is 5.11 Å². The highest BCUT2D eigenvalue weighted by atomic mass is 35.5. The van der Waals surface area contributed by atoms with Gasteiger partial charge in [-0.25, -0.2) is 4.98 Å². The summed E-state index contributed by atoms with van der Waals surface area (Å²) >= 11 is 5.81. The third-order valence-electron chi connectivity index (χ3n) is 2.73. The molecule has 1 N–H and O–H groups in total. The van der Waals surface area contributed by atoms with E-state index in [1.807, 2.05) is 12.1 Å². The Kier molecular flexibility index (Phi) is 5.56. The van der Waals surface area contributed by atoms with Gasteiger partial charge in [-0.15, -0.1) is 0 Å². The summed E-state index contributed by atoms with van der Waals surface area (Å²) in [4.78, 5) is 6.43. The van der Waals surface area contributed by atoms with Crippen LogP contribution in [0.25, 0.3) is 0 Å². The fourth-order valence-corrected chi connectivity index (χ4v) is 1.97. The van der Waals surface area contributed by atoms with Crippen LogP contribution in [-0.2, 0) is 0 Å². The minimum atomic E-state index is 0.140. The molecule has 0 aliphatic heterocycles. The Morgan fingerprint density at radius 3 is 2.50 bits per heavy atom. The highest BCUT2D eigenvalue weighted by molar-refractivity contribution is 6.30. The quantitative estimate of drug-likeness (QED) is 0.833. The molecule has 3 nitrogen and oxygen atoms in total. The molecule has 1 rings (SSSR count). The number of nitrogens with zero attached hydrogens (tertiary/aromatic N) is 2. The van der Waals surface area contributed by atoms with Crippen molar-refractivity contribution in [3.05, 3.63) is 23.4 Å². The summed E-state index contributed by atoms with van der Waals surface area (Å²) in [7, 11) is 0. The van der Waals surface area contributed by atoms with Crippen LogP contribution in [0.1, 0.15) is 26.7 Å². The molecule has 1 heterocycles. The van der Waals surface area contributed by atoms with E-state index in [1.54, 1.807) is 6.20 Å². The summed E-state index contributed by atoms with van der Waals surface area (Å²) in [6.07, 6.45) is 3.73. The molecule has 0 bridgehead atoms. The highest BCUT2D eigenvalue weighted by Gasteiger charge is 2.15. The van der Waals surface area contributed by atoms with Gasteiger partial charge in [0.05, 0.1) is 11.6 Å². The topological polar surface area (TPSA) is 36.4 Å². The molecule has 0 aromatic carbocycles. The molecule has 0 unspecified atom stereocenters. The summed E-state index contributed by atoms with van der Waals surface area (Å²) in [5.74, 6) is 0.882. The zero-order chi connectivity index (χ0) is 12.0. The standard InChI is InChI=1S/C12H19ClN2O/c1-3-11(4-2)15(7-8-16)12-6-5-10(13)9-14-12/h5-6,9,11,16H,3-4,7-8H2,1-2H3. The largest absolute Gasteiger partial charge is 0.395 e. The molecule has 16 heavy (non-hydrogen) atoms. The number of halogens is 1. The first kappa shape index (κ1) is 13.3. The van der Waals surface area contributed by atoms with Crippen molar-refractivity contribution >= 4 is 17.4 Å². The summed E-state index contributed by atoms with van der Waals surface area (Å²) in [6, 6.07) is 4.15. The fraction of sp³-hybridized carbons (Fsp3) is 0.583. The van der Waals surface area contributed by atoms with Crippen LogP contribution < -0.4 is 4.90 Å². The SMILES string of the molecule is CCC(CC)N(CCO)c1ccc(Cl)cn1. The van der Waals surface area contributed by atoms with Crippen LogP contribution in [0.15, 0.2) is 18.3 Å². The van der Waals surface area contributed by atoms with Crippen LogP contribution in [0, 0.1) is 0 Å². The molecule has 0 aliphatic carbocycles. The van der Waals surface area contributed by atoms with Gasteiger partial charge in [-0.2, -0.15) is 0 Å². The number of hydrogen-bond acceptors (Lipinski definition) is 3. The Morgan fingerprint density at radius 2 is 2.06 bits per heavy atom. The zero-order valence-corrected chi connectivity index (χ0v) is 10.6.